The van der Waals surface area contributed by atoms with Crippen molar-refractivity contribution in [2.24, 2.45) is 11.8 Å². The van der Waals surface area contributed by atoms with Gasteiger partial charge in [0.15, 0.2) is 11.5 Å². The molecule has 0 bridgehead atoms. The smallest absolute Gasteiger partial charge is 0.307 e. The summed E-state index contributed by atoms with van der Waals surface area (Å²) >= 11 is 0. The number of aliphatic carboxylic acids is 1. The molecule has 0 radical (unpaired) electrons. The first-order chi connectivity index (χ1) is 10.1. The molecule has 0 unspecified atom stereocenters. The van der Waals surface area contributed by atoms with Crippen molar-refractivity contribution in [1.82, 2.24) is 0 Å². The number of amides is 1. The second kappa shape index (κ2) is 5.63. The van der Waals surface area contributed by atoms with Gasteiger partial charge in [-0.15, -0.1) is 0 Å². The molecule has 1 fully saturated rings. The summed E-state index contributed by atoms with van der Waals surface area (Å²) < 4.78 is 10.5. The molecule has 2 aliphatic rings. The number of rotatable bonds is 3. The molecule has 1 amide bonds. The summed E-state index contributed by atoms with van der Waals surface area (Å²) in [7, 11) is 0. The van der Waals surface area contributed by atoms with Crippen molar-refractivity contribution < 1.29 is 24.2 Å². The number of carbonyl (C=O) groups is 2. The van der Waals surface area contributed by atoms with Gasteiger partial charge < -0.3 is 19.9 Å². The number of carboxylic acids is 1. The average molecular weight is 291 g/mol. The summed E-state index contributed by atoms with van der Waals surface area (Å²) in [4.78, 5) is 23.6. The van der Waals surface area contributed by atoms with Gasteiger partial charge in [-0.2, -0.15) is 0 Å². The highest BCUT2D eigenvalue weighted by atomic mass is 16.7. The molecule has 112 valence electrons. The van der Waals surface area contributed by atoms with Gasteiger partial charge >= 0.3 is 5.97 Å². The van der Waals surface area contributed by atoms with Gasteiger partial charge in [-0.3, -0.25) is 9.59 Å². The molecule has 1 aromatic carbocycles. The Hall–Kier alpha value is -2.24. The lowest BCUT2D eigenvalue weighted by Gasteiger charge is -2.27. The van der Waals surface area contributed by atoms with Crippen LogP contribution >= 0.6 is 0 Å². The molecular weight excluding hydrogens is 274 g/mol. The minimum atomic E-state index is -0.888. The third-order valence-electron chi connectivity index (χ3n) is 4.06. The minimum Gasteiger partial charge on any atom is -0.481 e. The number of carboxylic acid groups (broad SMARTS) is 1. The lowest BCUT2D eigenvalue weighted by Crippen LogP contribution is -2.36. The molecule has 21 heavy (non-hydrogen) atoms. The molecule has 0 aromatic heterocycles. The Morgan fingerprint density at radius 2 is 1.81 bits per heavy atom. The average Bonchev–Trinajstić information content (AvgIpc) is 2.94. The van der Waals surface area contributed by atoms with E-state index in [2.05, 4.69) is 5.32 Å². The van der Waals surface area contributed by atoms with Crippen LogP contribution in [-0.4, -0.2) is 23.8 Å². The van der Waals surface area contributed by atoms with Gasteiger partial charge in [0, 0.05) is 11.8 Å². The number of hydrogen-bond donors (Lipinski definition) is 2. The van der Waals surface area contributed by atoms with Gasteiger partial charge in [-0.25, -0.2) is 0 Å². The van der Waals surface area contributed by atoms with E-state index in [1.807, 2.05) is 0 Å². The lowest BCUT2D eigenvalue weighted by atomic mass is 9.78. The highest BCUT2D eigenvalue weighted by molar-refractivity contribution is 5.95. The largest absolute Gasteiger partial charge is 0.481 e. The molecule has 0 saturated heterocycles. The summed E-state index contributed by atoms with van der Waals surface area (Å²) in [5, 5.41) is 12.0. The highest BCUT2D eigenvalue weighted by Gasteiger charge is 2.35. The number of fused-ring (bicyclic) bond motifs is 1. The Bertz CT molecular complexity index is 571. The van der Waals surface area contributed by atoms with Gasteiger partial charge in [0.2, 0.25) is 12.7 Å². The molecule has 2 N–H and O–H groups in total. The van der Waals surface area contributed by atoms with Gasteiger partial charge in [0.1, 0.15) is 0 Å². The molecule has 6 nitrogen and oxygen atoms in total. The van der Waals surface area contributed by atoms with Crippen molar-refractivity contribution in [2.75, 3.05) is 12.1 Å². The molecule has 6 heteroatoms. The summed E-state index contributed by atoms with van der Waals surface area (Å²) in [6.07, 6.45) is 2.94. The number of ether oxygens (including phenoxy) is 2. The maximum atomic E-state index is 12.3. The van der Waals surface area contributed by atoms with Crippen molar-refractivity contribution in [3.8, 4) is 11.5 Å². The monoisotopic (exact) mass is 291 g/mol. The van der Waals surface area contributed by atoms with Gasteiger partial charge in [-0.05, 0) is 25.0 Å². The molecule has 3 rings (SSSR count). The van der Waals surface area contributed by atoms with Gasteiger partial charge in [0.25, 0.3) is 0 Å². The predicted molar refractivity (Wildman–Crippen MR) is 74.3 cm³/mol. The summed E-state index contributed by atoms with van der Waals surface area (Å²) in [5.41, 5.74) is 0.596. The zero-order valence-electron chi connectivity index (χ0n) is 11.5. The van der Waals surface area contributed by atoms with Gasteiger partial charge in [0.05, 0.1) is 11.8 Å². The van der Waals surface area contributed by atoms with Crippen molar-refractivity contribution in [3.05, 3.63) is 18.2 Å². The molecular formula is C15H17NO5. The van der Waals surface area contributed by atoms with Crippen LogP contribution in [0.1, 0.15) is 25.7 Å². The van der Waals surface area contributed by atoms with Gasteiger partial charge in [-0.1, -0.05) is 12.8 Å². The molecule has 2 atom stereocenters. The minimum absolute atomic E-state index is 0.177. The SMILES string of the molecule is O=C(O)[C@@H]1CCCC[C@H]1C(=O)Nc1ccc2c(c1)OCO2. The topological polar surface area (TPSA) is 84.9 Å². The Morgan fingerprint density at radius 1 is 1.10 bits per heavy atom. The zero-order valence-corrected chi connectivity index (χ0v) is 11.5. The Morgan fingerprint density at radius 3 is 2.57 bits per heavy atom. The fourth-order valence-corrected chi connectivity index (χ4v) is 2.95. The Kier molecular flexibility index (Phi) is 3.68. The number of benzene rings is 1. The van der Waals surface area contributed by atoms with Crippen LogP contribution in [0.5, 0.6) is 11.5 Å². The quantitative estimate of drug-likeness (QED) is 0.892. The zero-order chi connectivity index (χ0) is 14.8. The van der Waals surface area contributed by atoms with E-state index in [1.165, 1.54) is 0 Å². The highest BCUT2D eigenvalue weighted by Crippen LogP contribution is 2.35. The summed E-state index contributed by atoms with van der Waals surface area (Å²) in [5.74, 6) is -0.948. The summed E-state index contributed by atoms with van der Waals surface area (Å²) in [6.45, 7) is 0.177. The van der Waals surface area contributed by atoms with E-state index in [4.69, 9.17) is 9.47 Å². The van der Waals surface area contributed by atoms with Crippen LogP contribution in [0.25, 0.3) is 0 Å². The standard InChI is InChI=1S/C15H17NO5/c17-14(10-3-1-2-4-11(10)15(18)19)16-9-5-6-12-13(7-9)21-8-20-12/h5-7,10-11H,1-4,8H2,(H,16,17)(H,18,19)/t10-,11-/m1/s1. The second-order valence-electron chi connectivity index (χ2n) is 5.39. The van der Waals surface area contributed by atoms with Crippen LogP contribution in [0, 0.1) is 11.8 Å². The van der Waals surface area contributed by atoms with Crippen LogP contribution in [0.3, 0.4) is 0 Å². The van der Waals surface area contributed by atoms with Crippen LogP contribution < -0.4 is 14.8 Å². The lowest BCUT2D eigenvalue weighted by molar-refractivity contribution is -0.147. The number of nitrogens with one attached hydrogen (secondary N) is 1. The number of hydrogen-bond acceptors (Lipinski definition) is 4. The third kappa shape index (κ3) is 2.79. The van der Waals surface area contributed by atoms with Crippen LogP contribution in [0.2, 0.25) is 0 Å². The number of anilines is 1. The fraction of sp³-hybridized carbons (Fsp3) is 0.467. The fourth-order valence-electron chi connectivity index (χ4n) is 2.95. The van der Waals surface area contributed by atoms with Crippen LogP contribution in [0.4, 0.5) is 5.69 Å². The van der Waals surface area contributed by atoms with Crippen molar-refractivity contribution in [1.29, 1.82) is 0 Å². The molecule has 1 saturated carbocycles. The van der Waals surface area contributed by atoms with Crippen molar-refractivity contribution in [3.63, 3.8) is 0 Å². The summed E-state index contributed by atoms with van der Waals surface area (Å²) in [6, 6.07) is 5.15. The van der Waals surface area contributed by atoms with E-state index in [1.54, 1.807) is 18.2 Å². The van der Waals surface area contributed by atoms with E-state index in [0.717, 1.165) is 12.8 Å². The van der Waals surface area contributed by atoms with E-state index >= 15 is 0 Å². The van der Waals surface area contributed by atoms with E-state index < -0.39 is 17.8 Å². The van der Waals surface area contributed by atoms with E-state index in [9.17, 15) is 14.7 Å². The first-order valence-corrected chi connectivity index (χ1v) is 7.08. The second-order valence-corrected chi connectivity index (χ2v) is 5.39. The maximum absolute atomic E-state index is 12.3. The third-order valence-corrected chi connectivity index (χ3v) is 4.06. The number of carbonyl (C=O) groups excluding carboxylic acids is 1. The van der Waals surface area contributed by atoms with Crippen LogP contribution in [-0.2, 0) is 9.59 Å². The molecule has 0 spiro atoms. The van der Waals surface area contributed by atoms with Crippen molar-refractivity contribution in [2.45, 2.75) is 25.7 Å². The Labute approximate surface area is 122 Å². The Balaban J connectivity index is 1.71. The molecule has 1 aliphatic heterocycles. The molecule has 1 aliphatic carbocycles. The molecule has 1 aromatic rings. The van der Waals surface area contributed by atoms with E-state index in [0.29, 0.717) is 30.0 Å². The first-order valence-electron chi connectivity index (χ1n) is 7.08. The van der Waals surface area contributed by atoms with Crippen LogP contribution in [0.15, 0.2) is 18.2 Å². The predicted octanol–water partition coefficient (Wildman–Crippen LogP) is 2.24. The molecule has 1 heterocycles. The van der Waals surface area contributed by atoms with Crippen molar-refractivity contribution >= 4 is 17.6 Å². The first kappa shape index (κ1) is 13.7. The van der Waals surface area contributed by atoms with E-state index in [-0.39, 0.29) is 12.7 Å². The maximum Gasteiger partial charge on any atom is 0.307 e. The normalized spacial score (nSPS) is 23.6.